The number of nitrogens with one attached hydrogen (secondary N) is 1. The van der Waals surface area contributed by atoms with Gasteiger partial charge in [-0.1, -0.05) is 6.08 Å². The fraction of sp³-hybridized carbons (Fsp3) is 0.500. The van der Waals surface area contributed by atoms with E-state index in [9.17, 15) is 14.7 Å². The fourth-order valence-electron chi connectivity index (χ4n) is 2.30. The zero-order chi connectivity index (χ0) is 14.0. The van der Waals surface area contributed by atoms with Gasteiger partial charge in [-0.15, -0.1) is 6.58 Å². The SMILES string of the molecule is C=CC[C@@H]1[C@H](O)[C@@H](CO)O[C@H]1n1ccc(=O)[nH]c1=O. The maximum Gasteiger partial charge on any atom is 0.330 e. The molecule has 3 N–H and O–H groups in total. The molecule has 1 fully saturated rings. The van der Waals surface area contributed by atoms with Crippen molar-refractivity contribution in [2.24, 2.45) is 5.92 Å². The van der Waals surface area contributed by atoms with Crippen molar-refractivity contribution in [2.45, 2.75) is 24.9 Å². The highest BCUT2D eigenvalue weighted by Gasteiger charge is 2.43. The van der Waals surface area contributed by atoms with E-state index in [1.807, 2.05) is 0 Å². The molecule has 0 amide bonds. The lowest BCUT2D eigenvalue weighted by Gasteiger charge is -2.20. The average Bonchev–Trinajstić information content (AvgIpc) is 2.68. The van der Waals surface area contributed by atoms with Crippen LogP contribution in [0, 0.1) is 5.92 Å². The van der Waals surface area contributed by atoms with Crippen LogP contribution in [-0.4, -0.2) is 38.6 Å². The van der Waals surface area contributed by atoms with Gasteiger partial charge in [0.05, 0.1) is 12.7 Å². The van der Waals surface area contributed by atoms with Gasteiger partial charge in [0.15, 0.2) is 0 Å². The van der Waals surface area contributed by atoms with Crippen molar-refractivity contribution in [3.63, 3.8) is 0 Å². The molecule has 1 aliphatic heterocycles. The van der Waals surface area contributed by atoms with Gasteiger partial charge < -0.3 is 14.9 Å². The number of ether oxygens (including phenoxy) is 1. The molecule has 2 rings (SSSR count). The fourth-order valence-corrected chi connectivity index (χ4v) is 2.30. The van der Waals surface area contributed by atoms with Crippen LogP contribution in [0.15, 0.2) is 34.5 Å². The zero-order valence-corrected chi connectivity index (χ0v) is 10.2. The highest BCUT2D eigenvalue weighted by Crippen LogP contribution is 2.36. The van der Waals surface area contributed by atoms with Crippen molar-refractivity contribution >= 4 is 0 Å². The van der Waals surface area contributed by atoms with Gasteiger partial charge in [-0.05, 0) is 6.42 Å². The van der Waals surface area contributed by atoms with Crippen LogP contribution in [0.3, 0.4) is 0 Å². The number of nitrogens with zero attached hydrogens (tertiary/aromatic N) is 1. The summed E-state index contributed by atoms with van der Waals surface area (Å²) in [7, 11) is 0. The lowest BCUT2D eigenvalue weighted by molar-refractivity contribution is -0.0480. The van der Waals surface area contributed by atoms with E-state index in [-0.39, 0.29) is 6.61 Å². The molecule has 1 aromatic rings. The minimum Gasteiger partial charge on any atom is -0.394 e. The van der Waals surface area contributed by atoms with Gasteiger partial charge in [0.25, 0.3) is 5.56 Å². The molecule has 7 nitrogen and oxygen atoms in total. The molecular weight excluding hydrogens is 252 g/mol. The van der Waals surface area contributed by atoms with E-state index in [1.165, 1.54) is 16.8 Å². The number of allylic oxidation sites excluding steroid dienone is 1. The lowest BCUT2D eigenvalue weighted by Crippen LogP contribution is -2.34. The first-order chi connectivity index (χ1) is 9.08. The number of rotatable bonds is 4. The maximum atomic E-state index is 11.7. The molecule has 1 aliphatic rings. The van der Waals surface area contributed by atoms with Crippen molar-refractivity contribution in [1.29, 1.82) is 0 Å². The molecule has 0 aliphatic carbocycles. The average molecular weight is 268 g/mol. The van der Waals surface area contributed by atoms with Gasteiger partial charge in [0.1, 0.15) is 12.3 Å². The predicted octanol–water partition coefficient (Wildman–Crippen LogP) is -1.02. The van der Waals surface area contributed by atoms with Crippen molar-refractivity contribution < 1.29 is 14.9 Å². The number of aromatic amines is 1. The molecule has 0 unspecified atom stereocenters. The van der Waals surface area contributed by atoms with Crippen molar-refractivity contribution in [2.75, 3.05) is 6.61 Å². The molecule has 7 heteroatoms. The first-order valence-corrected chi connectivity index (χ1v) is 5.95. The number of hydrogen-bond acceptors (Lipinski definition) is 5. The summed E-state index contributed by atoms with van der Waals surface area (Å²) in [5, 5.41) is 19.2. The normalized spacial score (nSPS) is 30.4. The Labute approximate surface area is 108 Å². The molecule has 0 bridgehead atoms. The summed E-state index contributed by atoms with van der Waals surface area (Å²) < 4.78 is 6.69. The standard InChI is InChI=1S/C12H16N2O5/c1-2-3-7-10(17)8(6-15)19-11(7)14-5-4-9(16)13-12(14)18/h2,4-5,7-8,10-11,15,17H,1,3,6H2,(H,13,16,18)/t7-,8-,10+,11-/m1/s1. The predicted molar refractivity (Wildman–Crippen MR) is 66.6 cm³/mol. The molecule has 0 spiro atoms. The lowest BCUT2D eigenvalue weighted by atomic mass is 9.96. The van der Waals surface area contributed by atoms with Crippen LogP contribution in [0.25, 0.3) is 0 Å². The zero-order valence-electron chi connectivity index (χ0n) is 10.2. The minimum absolute atomic E-state index is 0.344. The number of aliphatic hydroxyl groups excluding tert-OH is 2. The van der Waals surface area contributed by atoms with E-state index in [2.05, 4.69) is 11.6 Å². The van der Waals surface area contributed by atoms with Crippen LogP contribution in [0.2, 0.25) is 0 Å². The van der Waals surface area contributed by atoms with Crippen LogP contribution in [-0.2, 0) is 4.74 Å². The summed E-state index contributed by atoms with van der Waals surface area (Å²) in [4.78, 5) is 24.9. The summed E-state index contributed by atoms with van der Waals surface area (Å²) in [5.41, 5.74) is -1.11. The summed E-state index contributed by atoms with van der Waals surface area (Å²) in [5.74, 6) is -0.404. The van der Waals surface area contributed by atoms with Crippen LogP contribution in [0.4, 0.5) is 0 Å². The highest BCUT2D eigenvalue weighted by molar-refractivity contribution is 4.95. The van der Waals surface area contributed by atoms with Gasteiger partial charge >= 0.3 is 5.69 Å². The second kappa shape index (κ2) is 5.52. The Kier molecular flexibility index (Phi) is 3.98. The van der Waals surface area contributed by atoms with Gasteiger partial charge in [-0.25, -0.2) is 4.79 Å². The van der Waals surface area contributed by atoms with Crippen LogP contribution < -0.4 is 11.2 Å². The summed E-state index contributed by atoms with van der Waals surface area (Å²) in [6.07, 6.45) is 0.957. The van der Waals surface area contributed by atoms with E-state index in [1.54, 1.807) is 6.08 Å². The third kappa shape index (κ3) is 2.53. The van der Waals surface area contributed by atoms with Crippen LogP contribution in [0.1, 0.15) is 12.6 Å². The molecule has 1 saturated heterocycles. The van der Waals surface area contributed by atoms with Crippen molar-refractivity contribution in [3.05, 3.63) is 45.8 Å². The van der Waals surface area contributed by atoms with Crippen LogP contribution >= 0.6 is 0 Å². The minimum atomic E-state index is -0.896. The van der Waals surface area contributed by atoms with Crippen LogP contribution in [0.5, 0.6) is 0 Å². The van der Waals surface area contributed by atoms with E-state index < -0.39 is 35.6 Å². The topological polar surface area (TPSA) is 105 Å². The number of H-pyrrole nitrogens is 1. The first kappa shape index (κ1) is 13.7. The number of aromatic nitrogens is 2. The Morgan fingerprint density at radius 1 is 1.53 bits per heavy atom. The molecule has 1 aromatic heterocycles. The Morgan fingerprint density at radius 2 is 2.26 bits per heavy atom. The molecule has 4 atom stereocenters. The van der Waals surface area contributed by atoms with Gasteiger partial charge in [-0.3, -0.25) is 14.3 Å². The number of aliphatic hydroxyl groups is 2. The molecule has 104 valence electrons. The molecule has 0 aromatic carbocycles. The first-order valence-electron chi connectivity index (χ1n) is 5.95. The number of hydrogen-bond donors (Lipinski definition) is 3. The highest BCUT2D eigenvalue weighted by atomic mass is 16.5. The second-order valence-corrected chi connectivity index (χ2v) is 4.44. The molecular formula is C12H16N2O5. The van der Waals surface area contributed by atoms with E-state index >= 15 is 0 Å². The van der Waals surface area contributed by atoms with Gasteiger partial charge in [0.2, 0.25) is 0 Å². The van der Waals surface area contributed by atoms with Crippen molar-refractivity contribution in [1.82, 2.24) is 9.55 Å². The summed E-state index contributed by atoms with van der Waals surface area (Å²) >= 11 is 0. The summed E-state index contributed by atoms with van der Waals surface area (Å²) in [6, 6.07) is 1.20. The molecule has 0 radical (unpaired) electrons. The summed E-state index contributed by atoms with van der Waals surface area (Å²) in [6.45, 7) is 3.26. The van der Waals surface area contributed by atoms with Gasteiger partial charge in [0, 0.05) is 18.2 Å². The molecule has 0 saturated carbocycles. The third-order valence-electron chi connectivity index (χ3n) is 3.24. The van der Waals surface area contributed by atoms with E-state index in [0.29, 0.717) is 6.42 Å². The third-order valence-corrected chi connectivity index (χ3v) is 3.24. The van der Waals surface area contributed by atoms with E-state index in [0.717, 1.165) is 0 Å². The Balaban J connectivity index is 2.38. The monoisotopic (exact) mass is 268 g/mol. The van der Waals surface area contributed by atoms with Crippen molar-refractivity contribution in [3.8, 4) is 0 Å². The molecule has 2 heterocycles. The Morgan fingerprint density at radius 3 is 2.84 bits per heavy atom. The Bertz CT molecular complexity index is 564. The van der Waals surface area contributed by atoms with E-state index in [4.69, 9.17) is 9.84 Å². The smallest absolute Gasteiger partial charge is 0.330 e. The second-order valence-electron chi connectivity index (χ2n) is 4.44. The molecule has 19 heavy (non-hydrogen) atoms. The van der Waals surface area contributed by atoms with Gasteiger partial charge in [-0.2, -0.15) is 0 Å². The Hall–Kier alpha value is -1.70. The maximum absolute atomic E-state index is 11.7. The quantitative estimate of drug-likeness (QED) is 0.606. The largest absolute Gasteiger partial charge is 0.394 e.